The van der Waals surface area contributed by atoms with Crippen LogP contribution in [0, 0.1) is 5.92 Å². The quantitative estimate of drug-likeness (QED) is 0.681. The van der Waals surface area contributed by atoms with Gasteiger partial charge < -0.3 is 14.9 Å². The minimum absolute atomic E-state index is 0.119. The molecule has 0 amide bonds. The van der Waals surface area contributed by atoms with Crippen LogP contribution >= 0.6 is 0 Å². The fourth-order valence-corrected chi connectivity index (χ4v) is 2.21. The lowest BCUT2D eigenvalue weighted by atomic mass is 10.2. The van der Waals surface area contributed by atoms with E-state index < -0.39 is 10.0 Å². The van der Waals surface area contributed by atoms with E-state index in [2.05, 4.69) is 4.72 Å². The first kappa shape index (κ1) is 15.2. The van der Waals surface area contributed by atoms with Crippen LogP contribution in [0.5, 0.6) is 0 Å². The van der Waals surface area contributed by atoms with Gasteiger partial charge in [0.25, 0.3) is 10.0 Å². The number of ether oxygens (including phenoxy) is 1. The number of hydrogen-bond acceptors (Lipinski definition) is 5. The topological polar surface area (TPSA) is 94.6 Å². The molecule has 0 fully saturated rings. The van der Waals surface area contributed by atoms with Crippen LogP contribution in [0.25, 0.3) is 0 Å². The van der Waals surface area contributed by atoms with Gasteiger partial charge in [-0.15, -0.1) is 0 Å². The molecule has 0 aliphatic carbocycles. The number of hydrogen-bond donors (Lipinski definition) is 2. The zero-order valence-electron chi connectivity index (χ0n) is 10.7. The average Bonchev–Trinajstić information content (AvgIpc) is 2.77. The van der Waals surface area contributed by atoms with Gasteiger partial charge in [-0.05, 0) is 18.1 Å². The largest absolute Gasteiger partial charge is 0.447 e. The van der Waals surface area contributed by atoms with Crippen LogP contribution in [0.2, 0.25) is 0 Å². The number of nitrogens with one attached hydrogen (secondary N) is 1. The van der Waals surface area contributed by atoms with Gasteiger partial charge in [-0.1, -0.05) is 13.8 Å². The number of nitrogens with two attached hydrogens (primary N) is 1. The average molecular weight is 276 g/mol. The van der Waals surface area contributed by atoms with E-state index in [1.165, 1.54) is 6.07 Å². The Morgan fingerprint density at radius 2 is 2.17 bits per heavy atom. The van der Waals surface area contributed by atoms with Crippen molar-refractivity contribution in [2.24, 2.45) is 11.7 Å². The van der Waals surface area contributed by atoms with Crippen molar-refractivity contribution in [3.63, 3.8) is 0 Å². The smallest absolute Gasteiger partial charge is 0.274 e. The van der Waals surface area contributed by atoms with Gasteiger partial charge >= 0.3 is 0 Å². The van der Waals surface area contributed by atoms with E-state index >= 15 is 0 Å². The summed E-state index contributed by atoms with van der Waals surface area (Å²) in [6.07, 6.45) is 0. The maximum Gasteiger partial charge on any atom is 0.274 e. The van der Waals surface area contributed by atoms with E-state index in [9.17, 15) is 8.42 Å². The molecule has 0 atom stereocenters. The fourth-order valence-electron chi connectivity index (χ4n) is 1.25. The molecule has 1 rings (SSSR count). The van der Waals surface area contributed by atoms with Crippen molar-refractivity contribution in [3.05, 3.63) is 17.9 Å². The lowest BCUT2D eigenvalue weighted by Crippen LogP contribution is -2.27. The van der Waals surface area contributed by atoms with Crippen molar-refractivity contribution in [2.45, 2.75) is 25.5 Å². The molecule has 1 aromatic rings. The summed E-state index contributed by atoms with van der Waals surface area (Å²) < 4.78 is 36.3. The number of rotatable bonds is 8. The van der Waals surface area contributed by atoms with Gasteiger partial charge in [-0.3, -0.25) is 0 Å². The number of furan rings is 1. The van der Waals surface area contributed by atoms with E-state index in [0.717, 1.165) is 0 Å². The highest BCUT2D eigenvalue weighted by molar-refractivity contribution is 7.89. The summed E-state index contributed by atoms with van der Waals surface area (Å²) in [5.41, 5.74) is 5.35. The summed E-state index contributed by atoms with van der Waals surface area (Å²) in [6, 6.07) is 2.93. The molecule has 0 aromatic carbocycles. The third-order valence-electron chi connectivity index (χ3n) is 2.09. The molecule has 3 N–H and O–H groups in total. The lowest BCUT2D eigenvalue weighted by Gasteiger charge is -2.07. The van der Waals surface area contributed by atoms with Gasteiger partial charge in [0.05, 0.1) is 13.2 Å². The Hall–Kier alpha value is -0.890. The van der Waals surface area contributed by atoms with Crippen LogP contribution in [0.15, 0.2) is 21.6 Å². The summed E-state index contributed by atoms with van der Waals surface area (Å²) in [4.78, 5) is 0. The monoisotopic (exact) mass is 276 g/mol. The molecule has 0 spiro atoms. The zero-order valence-corrected chi connectivity index (χ0v) is 11.5. The van der Waals surface area contributed by atoms with E-state index in [4.69, 9.17) is 14.9 Å². The van der Waals surface area contributed by atoms with Gasteiger partial charge in [0, 0.05) is 13.2 Å². The minimum atomic E-state index is -3.60. The van der Waals surface area contributed by atoms with Crippen LogP contribution in [0.3, 0.4) is 0 Å². The molecule has 0 aliphatic heterocycles. The molecule has 0 bridgehead atoms. The van der Waals surface area contributed by atoms with Crippen molar-refractivity contribution < 1.29 is 17.6 Å². The summed E-state index contributed by atoms with van der Waals surface area (Å²) in [7, 11) is -3.60. The zero-order chi connectivity index (χ0) is 13.6. The summed E-state index contributed by atoms with van der Waals surface area (Å²) in [5.74, 6) is 0.866. The molecule has 0 aliphatic rings. The van der Waals surface area contributed by atoms with Crippen LogP contribution in [-0.2, 0) is 21.3 Å². The van der Waals surface area contributed by atoms with Gasteiger partial charge in [-0.25, -0.2) is 13.1 Å². The fraction of sp³-hybridized carbons (Fsp3) is 0.636. The number of sulfonamides is 1. The van der Waals surface area contributed by atoms with Crippen LogP contribution < -0.4 is 10.5 Å². The molecule has 0 saturated carbocycles. The highest BCUT2D eigenvalue weighted by Crippen LogP contribution is 2.12. The maximum absolute atomic E-state index is 11.8. The molecule has 1 heterocycles. The summed E-state index contributed by atoms with van der Waals surface area (Å²) >= 11 is 0. The van der Waals surface area contributed by atoms with E-state index in [0.29, 0.717) is 24.9 Å². The molecule has 1 aromatic heterocycles. The van der Waals surface area contributed by atoms with Crippen LogP contribution in [0.1, 0.15) is 19.6 Å². The van der Waals surface area contributed by atoms with Crippen molar-refractivity contribution in [3.8, 4) is 0 Å². The summed E-state index contributed by atoms with van der Waals surface area (Å²) in [5, 5.41) is -0.119. The Morgan fingerprint density at radius 3 is 2.72 bits per heavy atom. The van der Waals surface area contributed by atoms with Gasteiger partial charge in [0.2, 0.25) is 5.09 Å². The highest BCUT2D eigenvalue weighted by atomic mass is 32.2. The van der Waals surface area contributed by atoms with Crippen LogP contribution in [0.4, 0.5) is 0 Å². The van der Waals surface area contributed by atoms with Crippen molar-refractivity contribution in [1.82, 2.24) is 4.72 Å². The Kier molecular flexibility index (Phi) is 5.80. The van der Waals surface area contributed by atoms with Crippen molar-refractivity contribution in [2.75, 3.05) is 19.8 Å². The molecular weight excluding hydrogens is 256 g/mol. The SMILES string of the molecule is CC(C)COCCNS(=O)(=O)c1ccc(CN)o1. The second kappa shape index (κ2) is 6.89. The first-order valence-electron chi connectivity index (χ1n) is 5.82. The molecule has 104 valence electrons. The lowest BCUT2D eigenvalue weighted by molar-refractivity contribution is 0.114. The Bertz CT molecular complexity index is 453. The van der Waals surface area contributed by atoms with Crippen LogP contribution in [-0.4, -0.2) is 28.2 Å². The standard InChI is InChI=1S/C11H20N2O4S/c1-9(2)8-16-6-5-13-18(14,15)11-4-3-10(7-12)17-11/h3-4,9,13H,5-8,12H2,1-2H3. The Labute approximate surface area is 108 Å². The third kappa shape index (κ3) is 4.77. The predicted molar refractivity (Wildman–Crippen MR) is 67.4 cm³/mol. The van der Waals surface area contributed by atoms with Crippen molar-refractivity contribution >= 4 is 10.0 Å². The minimum Gasteiger partial charge on any atom is -0.447 e. The van der Waals surface area contributed by atoms with E-state index in [-0.39, 0.29) is 18.2 Å². The molecule has 7 heteroatoms. The van der Waals surface area contributed by atoms with E-state index in [1.807, 2.05) is 13.8 Å². The molecule has 0 saturated heterocycles. The highest BCUT2D eigenvalue weighted by Gasteiger charge is 2.17. The molecule has 18 heavy (non-hydrogen) atoms. The van der Waals surface area contributed by atoms with Gasteiger partial charge in [-0.2, -0.15) is 0 Å². The second-order valence-corrected chi connectivity index (χ2v) is 5.99. The maximum atomic E-state index is 11.8. The second-order valence-electron chi connectivity index (χ2n) is 4.29. The predicted octanol–water partition coefficient (Wildman–Crippen LogP) is 0.689. The first-order valence-corrected chi connectivity index (χ1v) is 7.30. The normalized spacial score (nSPS) is 12.2. The third-order valence-corrected chi connectivity index (χ3v) is 3.43. The molecule has 0 unspecified atom stereocenters. The van der Waals surface area contributed by atoms with Gasteiger partial charge in [0.1, 0.15) is 5.76 Å². The molecule has 6 nitrogen and oxygen atoms in total. The van der Waals surface area contributed by atoms with Crippen molar-refractivity contribution in [1.29, 1.82) is 0 Å². The molecular formula is C11H20N2O4S. The van der Waals surface area contributed by atoms with E-state index in [1.54, 1.807) is 6.07 Å². The Morgan fingerprint density at radius 1 is 1.44 bits per heavy atom. The summed E-state index contributed by atoms with van der Waals surface area (Å²) in [6.45, 7) is 5.39. The molecule has 0 radical (unpaired) electrons. The van der Waals surface area contributed by atoms with Gasteiger partial charge in [0.15, 0.2) is 0 Å². The Balaban J connectivity index is 2.40. The first-order chi connectivity index (χ1) is 8.45.